The zero-order chi connectivity index (χ0) is 29.4. The molecule has 0 amide bonds. The summed E-state index contributed by atoms with van der Waals surface area (Å²) in [7, 11) is 0. The molecule has 10 nitrogen and oxygen atoms in total. The fourth-order valence-corrected chi connectivity index (χ4v) is 5.94. The highest BCUT2D eigenvalue weighted by Gasteiger charge is 2.32. The number of hydrogen-bond donors (Lipinski definition) is 4. The van der Waals surface area contributed by atoms with Crippen molar-refractivity contribution in [2.24, 2.45) is 20.7 Å². The van der Waals surface area contributed by atoms with E-state index < -0.39 is 0 Å². The van der Waals surface area contributed by atoms with Crippen LogP contribution in [0.1, 0.15) is 43.7 Å². The van der Waals surface area contributed by atoms with Gasteiger partial charge in [0.05, 0.1) is 25.5 Å². The van der Waals surface area contributed by atoms with Crippen LogP contribution in [0.3, 0.4) is 0 Å². The fourth-order valence-electron chi connectivity index (χ4n) is 5.94. The molecule has 0 spiro atoms. The van der Waals surface area contributed by atoms with E-state index in [2.05, 4.69) is 62.0 Å². The van der Waals surface area contributed by atoms with E-state index >= 15 is 0 Å². The summed E-state index contributed by atoms with van der Waals surface area (Å²) in [5.41, 5.74) is 15.5. The molecular formula is C33H41N9O. The average molecular weight is 580 g/mol. The third-order valence-corrected chi connectivity index (χ3v) is 8.24. The first-order valence-electron chi connectivity index (χ1n) is 15.3. The number of ether oxygens (including phenoxy) is 1. The molecule has 5 N–H and O–H groups in total. The number of rotatable bonds is 9. The Morgan fingerprint density at radius 2 is 1.91 bits per heavy atom. The molecule has 1 aromatic heterocycles. The van der Waals surface area contributed by atoms with Crippen LogP contribution in [0, 0.1) is 0 Å². The zero-order valence-corrected chi connectivity index (χ0v) is 24.9. The van der Waals surface area contributed by atoms with E-state index in [0.29, 0.717) is 31.3 Å². The molecule has 2 fully saturated rings. The first kappa shape index (κ1) is 28.7. The van der Waals surface area contributed by atoms with Crippen molar-refractivity contribution < 1.29 is 4.74 Å². The maximum Gasteiger partial charge on any atom is 0.165 e. The maximum atomic E-state index is 6.99. The highest BCUT2D eigenvalue weighted by Crippen LogP contribution is 2.28. The van der Waals surface area contributed by atoms with Crippen molar-refractivity contribution in [3.8, 4) is 0 Å². The normalized spacial score (nSPS) is 22.7. The largest absolute Gasteiger partial charge is 0.395 e. The van der Waals surface area contributed by atoms with Gasteiger partial charge in [-0.1, -0.05) is 31.2 Å². The molecular weight excluding hydrogens is 538 g/mol. The predicted octanol–water partition coefficient (Wildman–Crippen LogP) is 3.87. The summed E-state index contributed by atoms with van der Waals surface area (Å²) in [4.78, 5) is 21.2. The summed E-state index contributed by atoms with van der Waals surface area (Å²) >= 11 is 0. The molecule has 1 unspecified atom stereocenters. The van der Waals surface area contributed by atoms with Crippen LogP contribution < -0.4 is 21.7 Å². The van der Waals surface area contributed by atoms with Gasteiger partial charge in [-0.05, 0) is 60.6 Å². The van der Waals surface area contributed by atoms with E-state index in [4.69, 9.17) is 20.5 Å². The van der Waals surface area contributed by atoms with Crippen molar-refractivity contribution in [3.05, 3.63) is 94.5 Å². The van der Waals surface area contributed by atoms with Crippen molar-refractivity contribution in [3.63, 3.8) is 0 Å². The van der Waals surface area contributed by atoms with Gasteiger partial charge in [-0.3, -0.25) is 15.0 Å². The number of amidine groups is 1. The van der Waals surface area contributed by atoms with E-state index in [1.807, 2.05) is 24.4 Å². The summed E-state index contributed by atoms with van der Waals surface area (Å²) in [5.74, 6) is 1.52. The molecule has 224 valence electrons. The summed E-state index contributed by atoms with van der Waals surface area (Å²) < 4.78 is 5.70. The molecule has 3 aliphatic heterocycles. The standard InChI is InChI=1S/C33H41N9O/c1-2-23-6-3-4-7-24(23)22-37-28-9-5-8-27(28)29(34)31-40-32(38-25-10-14-35-15-11-25)30(42-18-20-43-21-19-42)33(41-31)39-26-12-16-36-17-13-26/h3-4,6-7,10-12,14-16,32,39H,2,5,8-9,13,17-22,34H2,1H3,(H,35,38)(H,40,41). The summed E-state index contributed by atoms with van der Waals surface area (Å²) in [6, 6.07) is 12.5. The second-order valence-electron chi connectivity index (χ2n) is 11.0. The Labute approximate surface area is 253 Å². The van der Waals surface area contributed by atoms with E-state index in [1.165, 1.54) is 11.1 Å². The highest BCUT2D eigenvalue weighted by molar-refractivity contribution is 6.11. The Bertz CT molecular complexity index is 1480. The molecule has 1 saturated heterocycles. The molecule has 1 aromatic carbocycles. The zero-order valence-electron chi connectivity index (χ0n) is 24.9. The van der Waals surface area contributed by atoms with Crippen molar-refractivity contribution >= 4 is 23.4 Å². The lowest BCUT2D eigenvalue weighted by Gasteiger charge is -2.39. The molecule has 0 radical (unpaired) electrons. The topological polar surface area (TPSA) is 125 Å². The Balaban J connectivity index is 1.37. The Morgan fingerprint density at radius 1 is 1.09 bits per heavy atom. The first-order chi connectivity index (χ1) is 21.2. The number of nitrogens with one attached hydrogen (secondary N) is 3. The van der Waals surface area contributed by atoms with Crippen LogP contribution in [-0.4, -0.2) is 66.7 Å². The Morgan fingerprint density at radius 3 is 2.67 bits per heavy atom. The summed E-state index contributed by atoms with van der Waals surface area (Å²) in [6.45, 7) is 6.48. The number of anilines is 1. The second-order valence-corrected chi connectivity index (χ2v) is 11.0. The van der Waals surface area contributed by atoms with Gasteiger partial charge in [0.1, 0.15) is 11.5 Å². The average Bonchev–Trinajstić information content (AvgIpc) is 3.53. The van der Waals surface area contributed by atoms with Crippen LogP contribution in [0.5, 0.6) is 0 Å². The number of dihydropyridines is 1. The second kappa shape index (κ2) is 13.7. The van der Waals surface area contributed by atoms with E-state index in [0.717, 1.165) is 85.9 Å². The number of hydrogen-bond acceptors (Lipinski definition) is 10. The molecule has 1 saturated carbocycles. The van der Waals surface area contributed by atoms with E-state index in [9.17, 15) is 0 Å². The third-order valence-electron chi connectivity index (χ3n) is 8.24. The first-order valence-corrected chi connectivity index (χ1v) is 15.3. The molecule has 1 aliphatic carbocycles. The number of morpholine rings is 1. The molecule has 10 heteroatoms. The molecule has 43 heavy (non-hydrogen) atoms. The number of nitrogens with zero attached hydrogens (tertiary/aromatic N) is 5. The van der Waals surface area contributed by atoms with Gasteiger partial charge in [0.2, 0.25) is 0 Å². The molecule has 0 bridgehead atoms. The van der Waals surface area contributed by atoms with Crippen LogP contribution in [0.25, 0.3) is 0 Å². The van der Waals surface area contributed by atoms with E-state index in [1.54, 1.807) is 12.4 Å². The minimum atomic E-state index is -0.380. The van der Waals surface area contributed by atoms with Crippen molar-refractivity contribution in [2.75, 3.05) is 38.2 Å². The van der Waals surface area contributed by atoms with Gasteiger partial charge in [0.15, 0.2) is 12.0 Å². The van der Waals surface area contributed by atoms with Gasteiger partial charge < -0.3 is 31.3 Å². The van der Waals surface area contributed by atoms with Crippen LogP contribution in [0.4, 0.5) is 5.69 Å². The summed E-state index contributed by atoms with van der Waals surface area (Å²) in [5, 5.41) is 10.9. The van der Waals surface area contributed by atoms with Gasteiger partial charge in [0, 0.05) is 61.8 Å². The number of nitrogens with two attached hydrogens (primary N) is 1. The Kier molecular flexibility index (Phi) is 9.13. The maximum absolute atomic E-state index is 6.99. The monoisotopic (exact) mass is 579 g/mol. The van der Waals surface area contributed by atoms with Crippen LogP contribution in [-0.2, 0) is 17.7 Å². The van der Waals surface area contributed by atoms with Crippen LogP contribution in [0.2, 0.25) is 0 Å². The number of allylic oxidation sites excluding steroid dienone is 2. The SMILES string of the molecule is CCc1ccccc1CN=C1CCCC1=C(N)C1=NC(Nc2ccncc2)C(N2CCOCC2)=C(NC2=CC=NCC2)N1. The third kappa shape index (κ3) is 6.80. The van der Waals surface area contributed by atoms with Crippen LogP contribution >= 0.6 is 0 Å². The van der Waals surface area contributed by atoms with Crippen molar-refractivity contribution in [2.45, 2.75) is 51.7 Å². The van der Waals surface area contributed by atoms with Gasteiger partial charge in [-0.15, -0.1) is 0 Å². The molecule has 4 heterocycles. The minimum absolute atomic E-state index is 0.380. The lowest BCUT2D eigenvalue weighted by Crippen LogP contribution is -2.50. The number of pyridine rings is 1. The molecule has 6 rings (SSSR count). The van der Waals surface area contributed by atoms with Gasteiger partial charge in [-0.2, -0.15) is 0 Å². The quantitative estimate of drug-likeness (QED) is 0.356. The predicted molar refractivity (Wildman–Crippen MR) is 173 cm³/mol. The Hall–Kier alpha value is -4.44. The fraction of sp³-hybridized carbons (Fsp3) is 0.394. The number of aliphatic imine (C=N–C) groups is 3. The van der Waals surface area contributed by atoms with Crippen LogP contribution in [0.15, 0.2) is 98.3 Å². The minimum Gasteiger partial charge on any atom is -0.395 e. The summed E-state index contributed by atoms with van der Waals surface area (Å²) in [6.07, 6.45) is 11.7. The molecule has 1 atom stereocenters. The smallest absolute Gasteiger partial charge is 0.165 e. The van der Waals surface area contributed by atoms with E-state index in [-0.39, 0.29) is 6.17 Å². The number of benzene rings is 1. The van der Waals surface area contributed by atoms with Gasteiger partial charge in [-0.25, -0.2) is 4.99 Å². The van der Waals surface area contributed by atoms with Crippen molar-refractivity contribution in [1.29, 1.82) is 0 Å². The highest BCUT2D eigenvalue weighted by atomic mass is 16.5. The number of aromatic nitrogens is 1. The molecule has 4 aliphatic rings. The lowest BCUT2D eigenvalue weighted by molar-refractivity contribution is 0.0503. The molecule has 2 aromatic rings. The van der Waals surface area contributed by atoms with Gasteiger partial charge >= 0.3 is 0 Å². The van der Waals surface area contributed by atoms with Crippen molar-refractivity contribution in [1.82, 2.24) is 20.5 Å². The number of aryl methyl sites for hydroxylation is 1. The van der Waals surface area contributed by atoms with Gasteiger partial charge in [0.25, 0.3) is 0 Å². The lowest BCUT2D eigenvalue weighted by atomic mass is 10.1.